The summed E-state index contributed by atoms with van der Waals surface area (Å²) in [5, 5.41) is 11.9. The smallest absolute Gasteiger partial charge is 0.234 e. The van der Waals surface area contributed by atoms with Crippen LogP contribution in [0.15, 0.2) is 53.7 Å². The summed E-state index contributed by atoms with van der Waals surface area (Å²) < 4.78 is 25.9. The molecule has 0 saturated carbocycles. The Bertz CT molecular complexity index is 977. The summed E-state index contributed by atoms with van der Waals surface area (Å²) in [7, 11) is 1.59. The normalized spacial score (nSPS) is 11.7. The van der Waals surface area contributed by atoms with Crippen LogP contribution in [-0.4, -0.2) is 33.5 Å². The van der Waals surface area contributed by atoms with Crippen LogP contribution in [0.4, 0.5) is 10.1 Å². The number of halogens is 1. The van der Waals surface area contributed by atoms with Gasteiger partial charge in [0.25, 0.3) is 0 Å². The minimum atomic E-state index is -0.384. The summed E-state index contributed by atoms with van der Waals surface area (Å²) in [6.07, 6.45) is -0.384. The van der Waals surface area contributed by atoms with Gasteiger partial charge in [0.15, 0.2) is 17.1 Å². The third-order valence-corrected chi connectivity index (χ3v) is 5.22. The lowest BCUT2D eigenvalue weighted by molar-refractivity contribution is -0.113. The number of nitrogens with zero attached hydrogens (tertiary/aromatic N) is 3. The molecule has 1 heterocycles. The summed E-state index contributed by atoms with van der Waals surface area (Å²) >= 11 is 1.30. The van der Waals surface area contributed by atoms with Crippen LogP contribution in [0.3, 0.4) is 0 Å². The molecule has 0 bridgehead atoms. The van der Waals surface area contributed by atoms with Crippen LogP contribution in [-0.2, 0) is 11.3 Å². The molecule has 158 valence electrons. The van der Waals surface area contributed by atoms with E-state index in [0.717, 1.165) is 5.75 Å². The molecule has 1 N–H and O–H groups in total. The van der Waals surface area contributed by atoms with Crippen molar-refractivity contribution < 1.29 is 18.7 Å². The minimum absolute atomic E-state index is 0.145. The van der Waals surface area contributed by atoms with E-state index in [-0.39, 0.29) is 23.6 Å². The lowest BCUT2D eigenvalue weighted by Crippen LogP contribution is -2.15. The fourth-order valence-corrected chi connectivity index (χ4v) is 3.59. The van der Waals surface area contributed by atoms with E-state index in [0.29, 0.717) is 29.0 Å². The van der Waals surface area contributed by atoms with Crippen LogP contribution in [0.2, 0.25) is 0 Å². The number of nitrogens with one attached hydrogen (secondary N) is 1. The monoisotopic (exact) mass is 430 g/mol. The Morgan fingerprint density at radius 1 is 1.13 bits per heavy atom. The first-order chi connectivity index (χ1) is 14.5. The second-order valence-electron chi connectivity index (χ2n) is 6.36. The van der Waals surface area contributed by atoms with Crippen molar-refractivity contribution in [3.63, 3.8) is 0 Å². The Morgan fingerprint density at radius 2 is 1.80 bits per heavy atom. The summed E-state index contributed by atoms with van der Waals surface area (Å²) in [5.74, 6) is 1.63. The average Bonchev–Trinajstić information content (AvgIpc) is 3.17. The number of amides is 1. The van der Waals surface area contributed by atoms with Gasteiger partial charge in [-0.05, 0) is 62.4 Å². The van der Waals surface area contributed by atoms with E-state index in [1.54, 1.807) is 43.5 Å². The zero-order valence-electron chi connectivity index (χ0n) is 17.0. The molecule has 30 heavy (non-hydrogen) atoms. The number of carbonyl (C=O) groups is 1. The van der Waals surface area contributed by atoms with Crippen molar-refractivity contribution in [2.75, 3.05) is 18.2 Å². The van der Waals surface area contributed by atoms with Crippen molar-refractivity contribution in [1.29, 1.82) is 0 Å². The number of hydrogen-bond acceptors (Lipinski definition) is 6. The number of thioether (sulfide) groups is 1. The van der Waals surface area contributed by atoms with Gasteiger partial charge in [-0.3, -0.25) is 4.79 Å². The van der Waals surface area contributed by atoms with E-state index < -0.39 is 0 Å². The SMILES string of the molecule is CCn1c(SCC(=O)Nc2ccc(OC)cc2)nnc1C(C)Oc1ccc(F)cc1. The van der Waals surface area contributed by atoms with E-state index in [4.69, 9.17) is 9.47 Å². The number of carbonyl (C=O) groups excluding carboxylic acids is 1. The highest BCUT2D eigenvalue weighted by Crippen LogP contribution is 2.25. The van der Waals surface area contributed by atoms with Gasteiger partial charge in [-0.25, -0.2) is 4.39 Å². The number of rotatable bonds is 9. The molecule has 2 aromatic carbocycles. The van der Waals surface area contributed by atoms with Gasteiger partial charge < -0.3 is 19.4 Å². The summed E-state index contributed by atoms with van der Waals surface area (Å²) in [5.41, 5.74) is 0.695. The Kier molecular flexibility index (Phi) is 7.29. The lowest BCUT2D eigenvalue weighted by atomic mass is 10.3. The number of benzene rings is 2. The van der Waals surface area contributed by atoms with E-state index in [9.17, 15) is 9.18 Å². The molecule has 3 rings (SSSR count). The molecule has 1 amide bonds. The number of anilines is 1. The molecular formula is C21H23FN4O3S. The Balaban J connectivity index is 1.60. The highest BCUT2D eigenvalue weighted by atomic mass is 32.2. The first-order valence-electron chi connectivity index (χ1n) is 9.42. The quantitative estimate of drug-likeness (QED) is 0.510. The zero-order valence-corrected chi connectivity index (χ0v) is 17.8. The maximum Gasteiger partial charge on any atom is 0.234 e. The van der Waals surface area contributed by atoms with Crippen LogP contribution in [0.1, 0.15) is 25.8 Å². The fourth-order valence-electron chi connectivity index (χ4n) is 2.78. The van der Waals surface area contributed by atoms with Crippen LogP contribution in [0.5, 0.6) is 11.5 Å². The highest BCUT2D eigenvalue weighted by molar-refractivity contribution is 7.99. The second-order valence-corrected chi connectivity index (χ2v) is 7.31. The third-order valence-electron chi connectivity index (χ3n) is 4.26. The van der Waals surface area contributed by atoms with Gasteiger partial charge >= 0.3 is 0 Å². The summed E-state index contributed by atoms with van der Waals surface area (Å²) in [4.78, 5) is 12.3. The molecule has 0 spiro atoms. The largest absolute Gasteiger partial charge is 0.497 e. The van der Waals surface area contributed by atoms with Crippen LogP contribution in [0.25, 0.3) is 0 Å². The topological polar surface area (TPSA) is 78.3 Å². The third kappa shape index (κ3) is 5.50. The van der Waals surface area contributed by atoms with Gasteiger partial charge in [0, 0.05) is 12.2 Å². The number of ether oxygens (including phenoxy) is 2. The van der Waals surface area contributed by atoms with Crippen LogP contribution in [0, 0.1) is 5.82 Å². The van der Waals surface area contributed by atoms with E-state index in [1.807, 2.05) is 18.4 Å². The van der Waals surface area contributed by atoms with Crippen molar-refractivity contribution in [1.82, 2.24) is 14.8 Å². The molecule has 1 atom stereocenters. The predicted molar refractivity (Wildman–Crippen MR) is 113 cm³/mol. The maximum atomic E-state index is 13.1. The van der Waals surface area contributed by atoms with Crippen molar-refractivity contribution in [3.8, 4) is 11.5 Å². The molecule has 0 aliphatic carbocycles. The van der Waals surface area contributed by atoms with Crippen LogP contribution >= 0.6 is 11.8 Å². The molecule has 7 nitrogen and oxygen atoms in total. The Labute approximate surface area is 178 Å². The van der Waals surface area contributed by atoms with Gasteiger partial charge in [-0.15, -0.1) is 10.2 Å². The van der Waals surface area contributed by atoms with Crippen molar-refractivity contribution in [2.24, 2.45) is 0 Å². The molecule has 3 aromatic rings. The van der Waals surface area contributed by atoms with Crippen LogP contribution < -0.4 is 14.8 Å². The standard InChI is InChI=1S/C21H23FN4O3S/c1-4-26-20(14(2)29-18-9-5-15(22)6-10-18)24-25-21(26)30-13-19(27)23-16-7-11-17(28-3)12-8-16/h5-12,14H,4,13H2,1-3H3,(H,23,27). The molecule has 0 saturated heterocycles. The molecule has 0 aliphatic rings. The lowest BCUT2D eigenvalue weighted by Gasteiger charge is -2.15. The molecular weight excluding hydrogens is 407 g/mol. The Hall–Kier alpha value is -3.07. The minimum Gasteiger partial charge on any atom is -0.497 e. The van der Waals surface area contributed by atoms with Gasteiger partial charge in [0.1, 0.15) is 17.3 Å². The second kappa shape index (κ2) is 10.1. The maximum absolute atomic E-state index is 13.1. The number of aromatic nitrogens is 3. The first kappa shape index (κ1) is 21.6. The first-order valence-corrected chi connectivity index (χ1v) is 10.4. The highest BCUT2D eigenvalue weighted by Gasteiger charge is 2.19. The van der Waals surface area contributed by atoms with Gasteiger partial charge in [0.05, 0.1) is 12.9 Å². The number of hydrogen-bond donors (Lipinski definition) is 1. The van der Waals surface area contributed by atoms with Crippen molar-refractivity contribution in [2.45, 2.75) is 31.7 Å². The molecule has 0 fully saturated rings. The van der Waals surface area contributed by atoms with E-state index in [1.165, 1.54) is 23.9 Å². The average molecular weight is 431 g/mol. The summed E-state index contributed by atoms with van der Waals surface area (Å²) in [6, 6.07) is 12.9. The molecule has 0 aliphatic heterocycles. The molecule has 1 aromatic heterocycles. The van der Waals surface area contributed by atoms with E-state index in [2.05, 4.69) is 15.5 Å². The predicted octanol–water partition coefficient (Wildman–Crippen LogP) is 4.32. The van der Waals surface area contributed by atoms with E-state index >= 15 is 0 Å². The summed E-state index contributed by atoms with van der Waals surface area (Å²) in [6.45, 7) is 4.45. The van der Waals surface area contributed by atoms with Gasteiger partial charge in [-0.1, -0.05) is 11.8 Å². The fraction of sp³-hybridized carbons (Fsp3) is 0.286. The Morgan fingerprint density at radius 3 is 2.43 bits per heavy atom. The molecule has 1 unspecified atom stereocenters. The zero-order chi connectivity index (χ0) is 21.5. The number of methoxy groups -OCH3 is 1. The van der Waals surface area contributed by atoms with Crippen molar-refractivity contribution >= 4 is 23.4 Å². The molecule has 0 radical (unpaired) electrons. The van der Waals surface area contributed by atoms with Gasteiger partial charge in [-0.2, -0.15) is 0 Å². The van der Waals surface area contributed by atoms with Crippen molar-refractivity contribution in [3.05, 3.63) is 60.2 Å². The molecule has 9 heteroatoms. The van der Waals surface area contributed by atoms with Gasteiger partial charge in [0.2, 0.25) is 5.91 Å².